The van der Waals surface area contributed by atoms with Gasteiger partial charge >= 0.3 is 0 Å². The number of benzene rings is 2. The molecule has 2 aromatic carbocycles. The molecule has 2 N–H and O–H groups in total. The van der Waals surface area contributed by atoms with Crippen molar-refractivity contribution in [1.29, 1.82) is 0 Å². The van der Waals surface area contributed by atoms with Crippen molar-refractivity contribution in [3.8, 4) is 0 Å². The summed E-state index contributed by atoms with van der Waals surface area (Å²) in [5.41, 5.74) is 0.794. The molecule has 0 bridgehead atoms. The summed E-state index contributed by atoms with van der Waals surface area (Å²) in [5, 5.41) is 15.0. The van der Waals surface area contributed by atoms with Crippen LogP contribution in [0.5, 0.6) is 0 Å². The molecule has 0 spiro atoms. The molecule has 0 fully saturated rings. The van der Waals surface area contributed by atoms with Crippen LogP contribution in [0.2, 0.25) is 5.02 Å². The molecular formula is C21H15ClF4N6S. The number of aromatic nitrogens is 4. The first-order valence-corrected chi connectivity index (χ1v) is 10.3. The number of nitrogens with one attached hydrogen (secondary N) is 2. The van der Waals surface area contributed by atoms with Crippen LogP contribution < -0.4 is 10.6 Å². The Morgan fingerprint density at radius 1 is 0.939 bits per heavy atom. The predicted molar refractivity (Wildman–Crippen MR) is 120 cm³/mol. The summed E-state index contributed by atoms with van der Waals surface area (Å²) in [6.07, 6.45) is 4.55. The SMILES string of the molecule is Fc1cc(F)c(Cn2cc(NC(=S)Nc3ccn(Cc4ccc(Cl)cc4)n3)cn2)c(F)c1F. The monoisotopic (exact) mass is 494 g/mol. The van der Waals surface area contributed by atoms with Gasteiger partial charge in [-0.15, -0.1) is 0 Å². The molecule has 4 aromatic rings. The van der Waals surface area contributed by atoms with Crippen molar-refractivity contribution in [2.75, 3.05) is 10.6 Å². The van der Waals surface area contributed by atoms with Crippen LogP contribution in [0.15, 0.2) is 55.0 Å². The molecule has 0 amide bonds. The number of halogens is 5. The Hall–Kier alpha value is -3.44. The largest absolute Gasteiger partial charge is 0.330 e. The van der Waals surface area contributed by atoms with Crippen LogP contribution in [0.3, 0.4) is 0 Å². The minimum atomic E-state index is -1.74. The summed E-state index contributed by atoms with van der Waals surface area (Å²) in [5.74, 6) is -5.63. The molecule has 0 radical (unpaired) electrons. The molecule has 0 unspecified atom stereocenters. The van der Waals surface area contributed by atoms with Crippen molar-refractivity contribution in [1.82, 2.24) is 19.6 Å². The average molecular weight is 495 g/mol. The van der Waals surface area contributed by atoms with Gasteiger partial charge in [0.1, 0.15) is 5.82 Å². The molecule has 0 aliphatic carbocycles. The van der Waals surface area contributed by atoms with E-state index in [2.05, 4.69) is 20.8 Å². The van der Waals surface area contributed by atoms with Crippen molar-refractivity contribution in [3.63, 3.8) is 0 Å². The Kier molecular flexibility index (Phi) is 6.61. The molecule has 33 heavy (non-hydrogen) atoms. The smallest absolute Gasteiger partial charge is 0.194 e. The van der Waals surface area contributed by atoms with Crippen molar-refractivity contribution in [2.45, 2.75) is 13.1 Å². The van der Waals surface area contributed by atoms with Crippen molar-refractivity contribution in [2.24, 2.45) is 0 Å². The molecule has 6 nitrogen and oxygen atoms in total. The van der Waals surface area contributed by atoms with Gasteiger partial charge in [0.2, 0.25) is 0 Å². The minimum absolute atomic E-state index is 0.205. The third-order valence-electron chi connectivity index (χ3n) is 4.56. The van der Waals surface area contributed by atoms with Crippen molar-refractivity contribution in [3.05, 3.63) is 94.4 Å². The predicted octanol–water partition coefficient (Wildman–Crippen LogP) is 5.19. The maximum Gasteiger partial charge on any atom is 0.194 e. The van der Waals surface area contributed by atoms with E-state index in [1.54, 1.807) is 29.1 Å². The van der Waals surface area contributed by atoms with Gasteiger partial charge in [0, 0.05) is 35.1 Å². The molecule has 4 rings (SSSR count). The lowest BCUT2D eigenvalue weighted by Gasteiger charge is -2.08. The highest BCUT2D eigenvalue weighted by Gasteiger charge is 2.19. The zero-order chi connectivity index (χ0) is 23.5. The lowest BCUT2D eigenvalue weighted by atomic mass is 10.2. The molecule has 2 aromatic heterocycles. The topological polar surface area (TPSA) is 59.7 Å². The van der Waals surface area contributed by atoms with Gasteiger partial charge < -0.3 is 10.6 Å². The van der Waals surface area contributed by atoms with Crippen LogP contribution in [-0.2, 0) is 13.1 Å². The zero-order valence-electron chi connectivity index (χ0n) is 16.7. The van der Waals surface area contributed by atoms with E-state index < -0.39 is 35.4 Å². The van der Waals surface area contributed by atoms with Crippen molar-refractivity contribution >= 4 is 40.4 Å². The van der Waals surface area contributed by atoms with Gasteiger partial charge in [-0.3, -0.25) is 9.36 Å². The van der Waals surface area contributed by atoms with Crippen LogP contribution in [-0.4, -0.2) is 24.7 Å². The van der Waals surface area contributed by atoms with E-state index in [-0.39, 0.29) is 5.11 Å². The lowest BCUT2D eigenvalue weighted by Crippen LogP contribution is -2.19. The number of nitrogens with zero attached hydrogens (tertiary/aromatic N) is 4. The van der Waals surface area contributed by atoms with Gasteiger partial charge in [0.25, 0.3) is 0 Å². The number of rotatable bonds is 6. The quantitative estimate of drug-likeness (QED) is 0.167. The Morgan fingerprint density at radius 3 is 2.45 bits per heavy atom. The summed E-state index contributed by atoms with van der Waals surface area (Å²) in [7, 11) is 0. The Morgan fingerprint density at radius 2 is 1.70 bits per heavy atom. The second kappa shape index (κ2) is 9.59. The van der Waals surface area contributed by atoms with Crippen LogP contribution in [0.25, 0.3) is 0 Å². The molecule has 2 heterocycles. The van der Waals surface area contributed by atoms with Crippen LogP contribution in [0.1, 0.15) is 11.1 Å². The van der Waals surface area contributed by atoms with Crippen LogP contribution in [0.4, 0.5) is 29.1 Å². The fraction of sp³-hybridized carbons (Fsp3) is 0.0952. The van der Waals surface area contributed by atoms with Gasteiger partial charge in [-0.1, -0.05) is 23.7 Å². The standard InChI is InChI=1S/C21H15ClF4N6S/c22-13-3-1-12(2-4-13)9-31-6-5-18(30-31)29-21(33)28-14-8-27-32(10-14)11-15-16(23)7-17(24)20(26)19(15)25/h1-8,10H,9,11H2,(H2,28,29,30,33). The van der Waals surface area contributed by atoms with E-state index in [0.717, 1.165) is 10.2 Å². The molecule has 0 atom stereocenters. The van der Waals surface area contributed by atoms with E-state index in [9.17, 15) is 17.6 Å². The average Bonchev–Trinajstić information content (AvgIpc) is 3.40. The van der Waals surface area contributed by atoms with Crippen LogP contribution in [0, 0.1) is 23.3 Å². The van der Waals surface area contributed by atoms with Gasteiger partial charge in [-0.05, 0) is 29.9 Å². The fourth-order valence-corrected chi connectivity index (χ4v) is 3.35. The van der Waals surface area contributed by atoms with E-state index in [1.807, 2.05) is 12.1 Å². The third kappa shape index (κ3) is 5.49. The van der Waals surface area contributed by atoms with Gasteiger partial charge in [0.15, 0.2) is 28.4 Å². The Bertz CT molecular complexity index is 1300. The summed E-state index contributed by atoms with van der Waals surface area (Å²) in [4.78, 5) is 0. The lowest BCUT2D eigenvalue weighted by molar-refractivity contribution is 0.420. The summed E-state index contributed by atoms with van der Waals surface area (Å²) in [6.45, 7) is 0.106. The zero-order valence-corrected chi connectivity index (χ0v) is 18.3. The fourth-order valence-electron chi connectivity index (χ4n) is 3.00. The highest BCUT2D eigenvalue weighted by molar-refractivity contribution is 7.80. The third-order valence-corrected chi connectivity index (χ3v) is 5.02. The van der Waals surface area contributed by atoms with E-state index >= 15 is 0 Å². The second-order valence-electron chi connectivity index (χ2n) is 6.98. The Balaban J connectivity index is 1.35. The van der Waals surface area contributed by atoms with Gasteiger partial charge in [-0.2, -0.15) is 10.2 Å². The molecular weight excluding hydrogens is 480 g/mol. The first-order valence-electron chi connectivity index (χ1n) is 9.48. The first-order chi connectivity index (χ1) is 15.8. The highest BCUT2D eigenvalue weighted by Crippen LogP contribution is 2.20. The maximum absolute atomic E-state index is 13.9. The molecule has 0 aliphatic rings. The number of anilines is 2. The van der Waals surface area contributed by atoms with Gasteiger partial charge in [0.05, 0.1) is 25.0 Å². The van der Waals surface area contributed by atoms with E-state index in [1.165, 1.54) is 12.4 Å². The molecule has 0 saturated carbocycles. The summed E-state index contributed by atoms with van der Waals surface area (Å²) < 4.78 is 57.1. The highest BCUT2D eigenvalue weighted by atomic mass is 35.5. The molecule has 12 heteroatoms. The first kappa shape index (κ1) is 22.7. The van der Waals surface area contributed by atoms with E-state index in [0.29, 0.717) is 29.1 Å². The van der Waals surface area contributed by atoms with E-state index in [4.69, 9.17) is 23.8 Å². The minimum Gasteiger partial charge on any atom is -0.330 e. The molecule has 0 saturated heterocycles. The number of hydrogen-bond donors (Lipinski definition) is 2. The number of hydrogen-bond acceptors (Lipinski definition) is 3. The van der Waals surface area contributed by atoms with Crippen LogP contribution >= 0.6 is 23.8 Å². The molecule has 170 valence electrons. The molecule has 0 aliphatic heterocycles. The van der Waals surface area contributed by atoms with Crippen molar-refractivity contribution < 1.29 is 17.6 Å². The maximum atomic E-state index is 13.9. The second-order valence-corrected chi connectivity index (χ2v) is 7.82. The summed E-state index contributed by atoms with van der Waals surface area (Å²) >= 11 is 11.1. The summed E-state index contributed by atoms with van der Waals surface area (Å²) in [6, 6.07) is 9.43. The van der Waals surface area contributed by atoms with Gasteiger partial charge in [-0.25, -0.2) is 17.6 Å². The Labute approximate surface area is 195 Å². The number of thiocarbonyl (C=S) groups is 1. The normalized spacial score (nSPS) is 10.9.